The molecule has 0 aromatic carbocycles. The van der Waals surface area contributed by atoms with E-state index in [0.717, 1.165) is 5.69 Å². The molecular weight excluding hydrogens is 140 g/mol. The first-order valence-corrected chi connectivity index (χ1v) is 3.25. The van der Waals surface area contributed by atoms with Crippen LogP contribution in [0.15, 0.2) is 30.9 Å². The quantitative estimate of drug-likeness (QED) is 0.522. The van der Waals surface area contributed by atoms with Gasteiger partial charge in [0.1, 0.15) is 6.20 Å². The van der Waals surface area contributed by atoms with E-state index < -0.39 is 0 Å². The Kier molecular flexibility index (Phi) is 2.46. The molecule has 11 heavy (non-hydrogen) atoms. The summed E-state index contributed by atoms with van der Waals surface area (Å²) >= 11 is 0. The SMILES string of the molecule is NC=C[NH2+]c1cncc(N)c1. The van der Waals surface area contributed by atoms with Crippen LogP contribution in [0.3, 0.4) is 0 Å². The zero-order chi connectivity index (χ0) is 8.10. The van der Waals surface area contributed by atoms with Gasteiger partial charge in [-0.25, -0.2) is 0 Å². The molecule has 0 aliphatic heterocycles. The first-order chi connectivity index (χ1) is 5.33. The zero-order valence-corrected chi connectivity index (χ0v) is 6.07. The predicted octanol–water partition coefficient (Wildman–Crippen LogP) is -0.711. The minimum Gasteiger partial charge on any atom is -0.400 e. The van der Waals surface area contributed by atoms with E-state index in [2.05, 4.69) is 4.98 Å². The summed E-state index contributed by atoms with van der Waals surface area (Å²) in [7, 11) is 0. The molecule has 0 unspecified atom stereocenters. The predicted molar refractivity (Wildman–Crippen MR) is 43.6 cm³/mol. The van der Waals surface area contributed by atoms with Gasteiger partial charge in [-0.15, -0.1) is 0 Å². The molecule has 0 fully saturated rings. The molecule has 1 rings (SSSR count). The number of anilines is 1. The van der Waals surface area contributed by atoms with Crippen LogP contribution in [-0.4, -0.2) is 4.98 Å². The first-order valence-electron chi connectivity index (χ1n) is 3.25. The number of rotatable bonds is 2. The van der Waals surface area contributed by atoms with Crippen LogP contribution in [0.5, 0.6) is 0 Å². The summed E-state index contributed by atoms with van der Waals surface area (Å²) in [5.74, 6) is 0. The Hall–Kier alpha value is -1.55. The van der Waals surface area contributed by atoms with Crippen LogP contribution >= 0.6 is 0 Å². The lowest BCUT2D eigenvalue weighted by Gasteiger charge is -1.93. The molecule has 0 radical (unpaired) electrons. The molecule has 0 saturated heterocycles. The van der Waals surface area contributed by atoms with Gasteiger partial charge in [0.25, 0.3) is 0 Å². The van der Waals surface area contributed by atoms with E-state index >= 15 is 0 Å². The third kappa shape index (κ3) is 2.27. The number of pyridine rings is 1. The van der Waals surface area contributed by atoms with Crippen molar-refractivity contribution in [3.8, 4) is 0 Å². The average molecular weight is 151 g/mol. The Morgan fingerprint density at radius 1 is 1.45 bits per heavy atom. The average Bonchev–Trinajstić information content (AvgIpc) is 2.01. The lowest BCUT2D eigenvalue weighted by molar-refractivity contribution is -0.496. The van der Waals surface area contributed by atoms with Crippen LogP contribution in [0.4, 0.5) is 11.4 Å². The van der Waals surface area contributed by atoms with Gasteiger partial charge in [0.2, 0.25) is 0 Å². The molecule has 0 saturated carbocycles. The normalized spacial score (nSPS) is 10.5. The van der Waals surface area contributed by atoms with Crippen molar-refractivity contribution in [2.24, 2.45) is 5.73 Å². The third-order valence-corrected chi connectivity index (χ3v) is 1.18. The van der Waals surface area contributed by atoms with Crippen molar-refractivity contribution >= 4 is 11.4 Å². The molecule has 0 aliphatic carbocycles. The molecule has 0 bridgehead atoms. The monoisotopic (exact) mass is 151 g/mol. The Bertz CT molecular complexity index is 256. The molecule has 4 nitrogen and oxygen atoms in total. The third-order valence-electron chi connectivity index (χ3n) is 1.18. The summed E-state index contributed by atoms with van der Waals surface area (Å²) in [5, 5.41) is 1.84. The Morgan fingerprint density at radius 2 is 2.27 bits per heavy atom. The largest absolute Gasteiger partial charge is 0.400 e. The van der Waals surface area contributed by atoms with E-state index in [1.165, 1.54) is 6.20 Å². The number of nitrogen functional groups attached to an aromatic ring is 1. The van der Waals surface area contributed by atoms with Gasteiger partial charge < -0.3 is 11.5 Å². The minimum atomic E-state index is 0.657. The smallest absolute Gasteiger partial charge is 0.154 e. The molecule has 4 heteroatoms. The molecule has 1 heterocycles. The van der Waals surface area contributed by atoms with Gasteiger partial charge in [0.05, 0.1) is 18.1 Å². The molecule has 6 N–H and O–H groups in total. The fraction of sp³-hybridized carbons (Fsp3) is 0. The van der Waals surface area contributed by atoms with Crippen LogP contribution in [0.1, 0.15) is 0 Å². The summed E-state index contributed by atoms with van der Waals surface area (Å²) in [6.45, 7) is 0. The van der Waals surface area contributed by atoms with Gasteiger partial charge in [-0.2, -0.15) is 0 Å². The maximum atomic E-state index is 5.49. The highest BCUT2D eigenvalue weighted by Gasteiger charge is 1.93. The van der Waals surface area contributed by atoms with Gasteiger partial charge in [0, 0.05) is 12.3 Å². The lowest BCUT2D eigenvalue weighted by atomic mass is 10.4. The highest BCUT2D eigenvalue weighted by Crippen LogP contribution is 2.02. The maximum absolute atomic E-state index is 5.49. The van der Waals surface area contributed by atoms with Gasteiger partial charge in [-0.05, 0) is 0 Å². The highest BCUT2D eigenvalue weighted by atomic mass is 14.9. The number of hydrogen-bond donors (Lipinski definition) is 3. The standard InChI is InChI=1S/C7H10N4/c8-1-2-11-7-3-6(9)4-10-5-7/h1-5,11H,8-9H2/p+1. The van der Waals surface area contributed by atoms with Crippen LogP contribution < -0.4 is 16.8 Å². The van der Waals surface area contributed by atoms with E-state index in [1.54, 1.807) is 18.6 Å². The molecule has 0 atom stereocenters. The Balaban J connectivity index is 2.71. The summed E-state index contributed by atoms with van der Waals surface area (Å²) in [4.78, 5) is 3.91. The summed E-state index contributed by atoms with van der Waals surface area (Å²) < 4.78 is 0. The molecular formula is C7H11N4+. The van der Waals surface area contributed by atoms with E-state index in [9.17, 15) is 0 Å². The number of nitrogens with zero attached hydrogens (tertiary/aromatic N) is 1. The molecule has 58 valence electrons. The number of nitrogens with two attached hydrogens (primary N) is 3. The number of hydrogen-bond acceptors (Lipinski definition) is 3. The van der Waals surface area contributed by atoms with Crippen molar-refractivity contribution in [1.82, 2.24) is 4.98 Å². The van der Waals surface area contributed by atoms with Gasteiger partial charge in [-0.3, -0.25) is 10.3 Å². The molecule has 0 amide bonds. The van der Waals surface area contributed by atoms with Gasteiger partial charge in [0.15, 0.2) is 5.69 Å². The van der Waals surface area contributed by atoms with Crippen molar-refractivity contribution in [2.45, 2.75) is 0 Å². The minimum absolute atomic E-state index is 0.657. The Morgan fingerprint density at radius 3 is 2.91 bits per heavy atom. The first kappa shape index (κ1) is 7.56. The summed E-state index contributed by atoms with van der Waals surface area (Å²) in [6, 6.07) is 1.83. The van der Waals surface area contributed by atoms with Crippen LogP contribution in [-0.2, 0) is 0 Å². The van der Waals surface area contributed by atoms with Crippen LogP contribution in [0.2, 0.25) is 0 Å². The second-order valence-electron chi connectivity index (χ2n) is 2.10. The van der Waals surface area contributed by atoms with E-state index in [0.29, 0.717) is 5.69 Å². The maximum Gasteiger partial charge on any atom is 0.154 e. The summed E-state index contributed by atoms with van der Waals surface area (Å²) in [5.41, 5.74) is 12.3. The van der Waals surface area contributed by atoms with Gasteiger partial charge in [-0.1, -0.05) is 0 Å². The second kappa shape index (κ2) is 3.58. The van der Waals surface area contributed by atoms with Crippen LogP contribution in [0.25, 0.3) is 0 Å². The molecule has 0 aliphatic rings. The topological polar surface area (TPSA) is 81.5 Å². The highest BCUT2D eigenvalue weighted by molar-refractivity contribution is 5.42. The number of quaternary nitrogens is 1. The van der Waals surface area contributed by atoms with E-state index in [4.69, 9.17) is 11.5 Å². The zero-order valence-electron chi connectivity index (χ0n) is 6.07. The second-order valence-corrected chi connectivity index (χ2v) is 2.10. The lowest BCUT2D eigenvalue weighted by Crippen LogP contribution is -2.71. The van der Waals surface area contributed by atoms with E-state index in [1.807, 2.05) is 11.4 Å². The van der Waals surface area contributed by atoms with Gasteiger partial charge >= 0.3 is 0 Å². The fourth-order valence-electron chi connectivity index (χ4n) is 0.734. The number of aromatic nitrogens is 1. The van der Waals surface area contributed by atoms with Crippen molar-refractivity contribution in [1.29, 1.82) is 0 Å². The van der Waals surface area contributed by atoms with E-state index in [-0.39, 0.29) is 0 Å². The molecule has 1 aromatic rings. The van der Waals surface area contributed by atoms with Crippen molar-refractivity contribution in [3.05, 3.63) is 30.9 Å². The Labute approximate surface area is 64.9 Å². The molecule has 0 spiro atoms. The molecule has 1 aromatic heterocycles. The fourth-order valence-corrected chi connectivity index (χ4v) is 0.734. The van der Waals surface area contributed by atoms with Crippen molar-refractivity contribution in [2.75, 3.05) is 5.73 Å². The van der Waals surface area contributed by atoms with Crippen molar-refractivity contribution < 1.29 is 5.32 Å². The van der Waals surface area contributed by atoms with Crippen LogP contribution in [0, 0.1) is 0 Å². The summed E-state index contributed by atoms with van der Waals surface area (Å²) in [6.07, 6.45) is 6.51. The van der Waals surface area contributed by atoms with Crippen molar-refractivity contribution in [3.63, 3.8) is 0 Å².